The largest absolute Gasteiger partial charge is 0.496 e. The molecule has 2 N–H and O–H groups in total. The van der Waals surface area contributed by atoms with Crippen molar-refractivity contribution in [1.82, 2.24) is 0 Å². The van der Waals surface area contributed by atoms with E-state index >= 15 is 0 Å². The Morgan fingerprint density at radius 3 is 2.67 bits per heavy atom. The predicted molar refractivity (Wildman–Crippen MR) is 56.6 cm³/mol. The van der Waals surface area contributed by atoms with Crippen LogP contribution in [0.25, 0.3) is 0 Å². The second-order valence-electron chi connectivity index (χ2n) is 2.34. The molecule has 1 aromatic rings. The van der Waals surface area contributed by atoms with Crippen molar-refractivity contribution >= 4 is 28.6 Å². The molecule has 1 rings (SSSR count). The smallest absolute Gasteiger partial charge is 0.133 e. The van der Waals surface area contributed by atoms with E-state index in [2.05, 4.69) is 28.6 Å². The van der Waals surface area contributed by atoms with Crippen molar-refractivity contribution in [1.29, 1.82) is 0 Å². The average Bonchev–Trinajstić information content (AvgIpc) is 2.04. The third kappa shape index (κ3) is 2.15. The van der Waals surface area contributed by atoms with Crippen molar-refractivity contribution in [3.63, 3.8) is 0 Å². The molecule has 1 aromatic carbocycles. The molecule has 0 spiro atoms. The summed E-state index contributed by atoms with van der Waals surface area (Å²) in [6.45, 7) is 0. The van der Waals surface area contributed by atoms with E-state index in [1.165, 1.54) is 0 Å². The van der Waals surface area contributed by atoms with Crippen molar-refractivity contribution in [3.8, 4) is 5.75 Å². The van der Waals surface area contributed by atoms with Crippen LogP contribution in [0, 0.1) is 0 Å². The van der Waals surface area contributed by atoms with E-state index in [0.29, 0.717) is 0 Å². The molecule has 0 saturated heterocycles. The van der Waals surface area contributed by atoms with Crippen molar-refractivity contribution in [3.05, 3.63) is 28.2 Å². The van der Waals surface area contributed by atoms with Gasteiger partial charge in [-0.2, -0.15) is 12.6 Å². The number of ether oxygens (including phenoxy) is 1. The van der Waals surface area contributed by atoms with Crippen LogP contribution < -0.4 is 10.5 Å². The molecule has 0 bridgehead atoms. The first-order valence-electron chi connectivity index (χ1n) is 3.42. The SMILES string of the molecule is COc1ccc(C(N)S)cc1Br. The summed E-state index contributed by atoms with van der Waals surface area (Å²) in [7, 11) is 1.63. The summed E-state index contributed by atoms with van der Waals surface area (Å²) < 4.78 is 5.96. The Morgan fingerprint density at radius 1 is 1.58 bits per heavy atom. The standard InChI is InChI=1S/C8H10BrNOS/c1-11-7-3-2-5(8(10)12)4-6(7)9/h2-4,8,12H,10H2,1H3. The Morgan fingerprint density at radius 2 is 2.25 bits per heavy atom. The van der Waals surface area contributed by atoms with Gasteiger partial charge in [0.1, 0.15) is 5.75 Å². The van der Waals surface area contributed by atoms with Crippen LogP contribution in [0.1, 0.15) is 10.9 Å². The minimum atomic E-state index is -0.243. The van der Waals surface area contributed by atoms with Gasteiger partial charge in [-0.3, -0.25) is 0 Å². The summed E-state index contributed by atoms with van der Waals surface area (Å²) in [6.07, 6.45) is 0. The Balaban J connectivity index is 3.02. The molecule has 0 aromatic heterocycles. The summed E-state index contributed by atoms with van der Waals surface area (Å²) in [5, 5.41) is -0.243. The molecular weight excluding hydrogens is 238 g/mol. The fourth-order valence-electron chi connectivity index (χ4n) is 0.867. The number of rotatable bonds is 2. The first-order chi connectivity index (χ1) is 5.65. The second-order valence-corrected chi connectivity index (χ2v) is 3.75. The van der Waals surface area contributed by atoms with Crippen LogP contribution in [0.15, 0.2) is 22.7 Å². The van der Waals surface area contributed by atoms with Crippen LogP contribution in [0.5, 0.6) is 5.75 Å². The molecule has 66 valence electrons. The van der Waals surface area contributed by atoms with E-state index in [1.807, 2.05) is 18.2 Å². The van der Waals surface area contributed by atoms with E-state index in [-0.39, 0.29) is 5.37 Å². The summed E-state index contributed by atoms with van der Waals surface area (Å²) in [4.78, 5) is 0. The molecule has 0 fully saturated rings. The lowest BCUT2D eigenvalue weighted by molar-refractivity contribution is 0.412. The van der Waals surface area contributed by atoms with Crippen molar-refractivity contribution in [2.24, 2.45) is 5.73 Å². The summed E-state index contributed by atoms with van der Waals surface area (Å²) >= 11 is 7.48. The molecule has 0 aliphatic heterocycles. The van der Waals surface area contributed by atoms with Crippen molar-refractivity contribution in [2.45, 2.75) is 5.37 Å². The Kier molecular flexibility index (Phi) is 3.43. The van der Waals surface area contributed by atoms with Gasteiger partial charge >= 0.3 is 0 Å². The second kappa shape index (κ2) is 4.16. The molecule has 2 nitrogen and oxygen atoms in total. The van der Waals surface area contributed by atoms with Gasteiger partial charge in [0, 0.05) is 0 Å². The third-order valence-electron chi connectivity index (χ3n) is 1.52. The van der Waals surface area contributed by atoms with Crippen molar-refractivity contribution in [2.75, 3.05) is 7.11 Å². The van der Waals surface area contributed by atoms with Gasteiger partial charge in [0.15, 0.2) is 0 Å². The lowest BCUT2D eigenvalue weighted by Crippen LogP contribution is -2.01. The Hall–Kier alpha value is -0.190. The van der Waals surface area contributed by atoms with Gasteiger partial charge in [-0.15, -0.1) is 0 Å². The highest BCUT2D eigenvalue weighted by atomic mass is 79.9. The predicted octanol–water partition coefficient (Wildman–Crippen LogP) is 2.34. The first kappa shape index (κ1) is 9.89. The van der Waals surface area contributed by atoms with Crippen LogP contribution in [0.3, 0.4) is 0 Å². The van der Waals surface area contributed by atoms with E-state index in [9.17, 15) is 0 Å². The van der Waals surface area contributed by atoms with Crippen LogP contribution >= 0.6 is 28.6 Å². The minimum Gasteiger partial charge on any atom is -0.496 e. The molecule has 1 atom stereocenters. The average molecular weight is 248 g/mol. The van der Waals surface area contributed by atoms with Gasteiger partial charge in [-0.1, -0.05) is 6.07 Å². The molecule has 0 radical (unpaired) electrons. The van der Waals surface area contributed by atoms with Crippen LogP contribution in [0.4, 0.5) is 0 Å². The lowest BCUT2D eigenvalue weighted by atomic mass is 10.2. The summed E-state index contributed by atoms with van der Waals surface area (Å²) in [6, 6.07) is 5.65. The van der Waals surface area contributed by atoms with Gasteiger partial charge in [-0.05, 0) is 33.6 Å². The van der Waals surface area contributed by atoms with Crippen LogP contribution in [-0.4, -0.2) is 7.11 Å². The summed E-state index contributed by atoms with van der Waals surface area (Å²) in [5.41, 5.74) is 6.54. The lowest BCUT2D eigenvalue weighted by Gasteiger charge is -2.07. The first-order valence-corrected chi connectivity index (χ1v) is 4.73. The number of halogens is 1. The van der Waals surface area contributed by atoms with E-state index in [4.69, 9.17) is 10.5 Å². The van der Waals surface area contributed by atoms with Crippen molar-refractivity contribution < 1.29 is 4.74 Å². The Bertz CT molecular complexity index is 278. The third-order valence-corrected chi connectivity index (χ3v) is 2.44. The maximum atomic E-state index is 5.58. The fourth-order valence-corrected chi connectivity index (χ4v) is 1.59. The molecule has 0 saturated carbocycles. The van der Waals surface area contributed by atoms with Gasteiger partial charge in [0.25, 0.3) is 0 Å². The quantitative estimate of drug-likeness (QED) is 0.622. The van der Waals surface area contributed by atoms with Crippen LogP contribution in [-0.2, 0) is 0 Å². The highest BCUT2D eigenvalue weighted by molar-refractivity contribution is 9.10. The molecule has 0 heterocycles. The van der Waals surface area contributed by atoms with Gasteiger partial charge < -0.3 is 10.5 Å². The monoisotopic (exact) mass is 247 g/mol. The molecule has 12 heavy (non-hydrogen) atoms. The molecular formula is C8H10BrNOS. The zero-order valence-electron chi connectivity index (χ0n) is 6.62. The topological polar surface area (TPSA) is 35.2 Å². The molecule has 4 heteroatoms. The normalized spacial score (nSPS) is 12.7. The number of nitrogens with two attached hydrogens (primary N) is 1. The Labute approximate surface area is 85.6 Å². The molecule has 0 aliphatic carbocycles. The zero-order chi connectivity index (χ0) is 9.14. The molecule has 1 unspecified atom stereocenters. The van der Waals surface area contributed by atoms with Gasteiger partial charge in [-0.25, -0.2) is 0 Å². The van der Waals surface area contributed by atoms with Crippen LogP contribution in [0.2, 0.25) is 0 Å². The van der Waals surface area contributed by atoms with E-state index < -0.39 is 0 Å². The van der Waals surface area contributed by atoms with E-state index in [1.54, 1.807) is 7.11 Å². The maximum absolute atomic E-state index is 5.58. The molecule has 0 aliphatic rings. The summed E-state index contributed by atoms with van der Waals surface area (Å²) in [5.74, 6) is 0.799. The minimum absolute atomic E-state index is 0.243. The maximum Gasteiger partial charge on any atom is 0.133 e. The van der Waals surface area contributed by atoms with Gasteiger partial charge in [0.05, 0.1) is 17.0 Å². The highest BCUT2D eigenvalue weighted by Crippen LogP contribution is 2.28. The number of hydrogen-bond donors (Lipinski definition) is 2. The number of hydrogen-bond acceptors (Lipinski definition) is 3. The van der Waals surface area contributed by atoms with Gasteiger partial charge in [0.2, 0.25) is 0 Å². The zero-order valence-corrected chi connectivity index (χ0v) is 9.10. The number of thiol groups is 1. The van der Waals surface area contributed by atoms with E-state index in [0.717, 1.165) is 15.8 Å². The highest BCUT2D eigenvalue weighted by Gasteiger charge is 2.04. The molecule has 0 amide bonds. The number of benzene rings is 1. The number of methoxy groups -OCH3 is 1. The fraction of sp³-hybridized carbons (Fsp3) is 0.250.